The Hall–Kier alpha value is -1.07. The van der Waals surface area contributed by atoms with Gasteiger partial charge in [0.25, 0.3) is 0 Å². The number of nitrogens with one attached hydrogen (secondary N) is 1. The normalized spacial score (nSPS) is 13.7. The first-order chi connectivity index (χ1) is 9.87. The summed E-state index contributed by atoms with van der Waals surface area (Å²) in [5, 5.41) is 3.37. The minimum absolute atomic E-state index is 0.0958. The summed E-state index contributed by atoms with van der Waals surface area (Å²) >= 11 is 0. The minimum atomic E-state index is -4.13. The molecule has 0 radical (unpaired) electrons. The Bertz CT molecular complexity index is 418. The Kier molecular flexibility index (Phi) is 7.18. The summed E-state index contributed by atoms with van der Waals surface area (Å²) in [4.78, 5) is 1.45. The van der Waals surface area contributed by atoms with Gasteiger partial charge in [0.15, 0.2) is 0 Å². The van der Waals surface area contributed by atoms with Crippen LogP contribution in [0.25, 0.3) is 0 Å². The van der Waals surface area contributed by atoms with Crippen LogP contribution in [0.15, 0.2) is 24.3 Å². The smallest absolute Gasteiger partial charge is 0.310 e. The van der Waals surface area contributed by atoms with Crippen LogP contribution in [-0.4, -0.2) is 37.3 Å². The topological polar surface area (TPSA) is 15.3 Å². The lowest BCUT2D eigenvalue weighted by Crippen LogP contribution is -2.36. The first-order valence-electron chi connectivity index (χ1n) is 7.45. The van der Waals surface area contributed by atoms with Gasteiger partial charge in [0.05, 0.1) is 6.54 Å². The Morgan fingerprint density at radius 3 is 2.38 bits per heavy atom. The van der Waals surface area contributed by atoms with E-state index in [1.165, 1.54) is 16.0 Å². The summed E-state index contributed by atoms with van der Waals surface area (Å²) in [5.74, 6) is 0. The molecule has 1 rings (SSSR count). The quantitative estimate of drug-likeness (QED) is 0.783. The second-order valence-electron chi connectivity index (χ2n) is 5.24. The predicted octanol–water partition coefficient (Wildman–Crippen LogP) is 3.92. The van der Waals surface area contributed by atoms with Crippen LogP contribution in [0.2, 0.25) is 0 Å². The Morgan fingerprint density at radius 1 is 1.19 bits per heavy atom. The van der Waals surface area contributed by atoms with Gasteiger partial charge in [-0.3, -0.25) is 4.90 Å². The summed E-state index contributed by atoms with van der Waals surface area (Å²) in [6.07, 6.45) is -3.46. The molecule has 2 nitrogen and oxygen atoms in total. The Balaban J connectivity index is 2.69. The monoisotopic (exact) mass is 302 g/mol. The summed E-state index contributed by atoms with van der Waals surface area (Å²) in [6.45, 7) is 6.61. The van der Waals surface area contributed by atoms with E-state index < -0.39 is 12.7 Å². The first kappa shape index (κ1) is 18.0. The van der Waals surface area contributed by atoms with Crippen molar-refractivity contribution in [2.24, 2.45) is 0 Å². The largest absolute Gasteiger partial charge is 0.401 e. The maximum atomic E-state index is 12.5. The number of alkyl halides is 3. The molecular weight excluding hydrogens is 277 g/mol. The number of hydrogen-bond acceptors (Lipinski definition) is 2. The lowest BCUT2D eigenvalue weighted by Gasteiger charge is -2.26. The summed E-state index contributed by atoms with van der Waals surface area (Å²) < 4.78 is 37.5. The van der Waals surface area contributed by atoms with Crippen LogP contribution in [0.4, 0.5) is 13.2 Å². The molecule has 0 aliphatic rings. The molecule has 1 aromatic carbocycles. The number of hydrogen-bond donors (Lipinski definition) is 1. The van der Waals surface area contributed by atoms with Crippen LogP contribution in [0, 0.1) is 6.92 Å². The molecule has 1 atom stereocenters. The standard InChI is InChI=1S/C16H25F3N2/c1-4-20-15(14-9-7-6-8-13(14)3)10-11-21(5-2)12-16(17,18)19/h6-9,15,20H,4-5,10-12H2,1-3H3. The summed E-state index contributed by atoms with van der Waals surface area (Å²) in [5.41, 5.74) is 2.34. The van der Waals surface area contributed by atoms with Crippen molar-refractivity contribution in [1.82, 2.24) is 10.2 Å². The van der Waals surface area contributed by atoms with Gasteiger partial charge in [0.1, 0.15) is 0 Å². The van der Waals surface area contributed by atoms with Gasteiger partial charge in [-0.1, -0.05) is 38.1 Å². The molecule has 0 bridgehead atoms. The second kappa shape index (κ2) is 8.39. The fourth-order valence-corrected chi connectivity index (χ4v) is 2.51. The van der Waals surface area contributed by atoms with E-state index in [2.05, 4.69) is 5.32 Å². The minimum Gasteiger partial charge on any atom is -0.310 e. The fraction of sp³-hybridized carbons (Fsp3) is 0.625. The van der Waals surface area contributed by atoms with E-state index >= 15 is 0 Å². The van der Waals surface area contributed by atoms with E-state index in [1.54, 1.807) is 6.92 Å². The van der Waals surface area contributed by atoms with E-state index in [0.717, 1.165) is 6.54 Å². The van der Waals surface area contributed by atoms with Crippen LogP contribution in [0.5, 0.6) is 0 Å². The summed E-state index contributed by atoms with van der Waals surface area (Å²) in [7, 11) is 0. The molecule has 0 saturated heterocycles. The molecule has 1 aromatic rings. The van der Waals surface area contributed by atoms with Crippen molar-refractivity contribution in [3.05, 3.63) is 35.4 Å². The fourth-order valence-electron chi connectivity index (χ4n) is 2.51. The maximum Gasteiger partial charge on any atom is 0.401 e. The highest BCUT2D eigenvalue weighted by atomic mass is 19.4. The molecule has 21 heavy (non-hydrogen) atoms. The maximum absolute atomic E-state index is 12.5. The van der Waals surface area contributed by atoms with Gasteiger partial charge in [-0.15, -0.1) is 0 Å². The van der Waals surface area contributed by atoms with Crippen LogP contribution < -0.4 is 5.32 Å². The third-order valence-electron chi connectivity index (χ3n) is 3.60. The molecule has 0 amide bonds. The number of halogens is 3. The highest BCUT2D eigenvalue weighted by Crippen LogP contribution is 2.22. The number of benzene rings is 1. The van der Waals surface area contributed by atoms with E-state index in [4.69, 9.17) is 0 Å². The average Bonchev–Trinajstić information content (AvgIpc) is 2.41. The average molecular weight is 302 g/mol. The van der Waals surface area contributed by atoms with Gasteiger partial charge in [-0.2, -0.15) is 13.2 Å². The zero-order valence-electron chi connectivity index (χ0n) is 13.0. The Labute approximate surface area is 125 Å². The molecule has 0 saturated carbocycles. The van der Waals surface area contributed by atoms with Crippen molar-refractivity contribution in [2.75, 3.05) is 26.2 Å². The van der Waals surface area contributed by atoms with E-state index in [0.29, 0.717) is 19.5 Å². The van der Waals surface area contributed by atoms with Crippen molar-refractivity contribution in [2.45, 2.75) is 39.4 Å². The molecule has 0 aromatic heterocycles. The third kappa shape index (κ3) is 6.48. The molecule has 1 unspecified atom stereocenters. The van der Waals surface area contributed by atoms with Crippen molar-refractivity contribution >= 4 is 0 Å². The van der Waals surface area contributed by atoms with Gasteiger partial charge >= 0.3 is 6.18 Å². The summed E-state index contributed by atoms with van der Waals surface area (Å²) in [6, 6.07) is 8.12. The second-order valence-corrected chi connectivity index (χ2v) is 5.24. The van der Waals surface area contributed by atoms with Gasteiger partial charge < -0.3 is 5.32 Å². The first-order valence-corrected chi connectivity index (χ1v) is 7.45. The van der Waals surface area contributed by atoms with Crippen molar-refractivity contribution in [3.63, 3.8) is 0 Å². The zero-order valence-corrected chi connectivity index (χ0v) is 13.0. The molecule has 5 heteroatoms. The van der Waals surface area contributed by atoms with Gasteiger partial charge in [0.2, 0.25) is 0 Å². The number of nitrogens with zero attached hydrogens (tertiary/aromatic N) is 1. The van der Waals surface area contributed by atoms with Crippen molar-refractivity contribution < 1.29 is 13.2 Å². The van der Waals surface area contributed by atoms with Crippen LogP contribution >= 0.6 is 0 Å². The van der Waals surface area contributed by atoms with Crippen molar-refractivity contribution in [3.8, 4) is 0 Å². The number of rotatable bonds is 8. The molecule has 0 heterocycles. The zero-order chi connectivity index (χ0) is 15.9. The van der Waals surface area contributed by atoms with Crippen LogP contribution in [0.1, 0.15) is 37.4 Å². The van der Waals surface area contributed by atoms with Crippen molar-refractivity contribution in [1.29, 1.82) is 0 Å². The lowest BCUT2D eigenvalue weighted by molar-refractivity contribution is -0.145. The molecule has 120 valence electrons. The van der Waals surface area contributed by atoms with Gasteiger partial charge in [-0.25, -0.2) is 0 Å². The van der Waals surface area contributed by atoms with E-state index in [-0.39, 0.29) is 6.04 Å². The van der Waals surface area contributed by atoms with Crippen LogP contribution in [0.3, 0.4) is 0 Å². The SMILES string of the molecule is CCNC(CCN(CC)CC(F)(F)F)c1ccccc1C. The molecule has 1 N–H and O–H groups in total. The van der Waals surface area contributed by atoms with E-state index in [9.17, 15) is 13.2 Å². The number of aryl methyl sites for hydroxylation is 1. The molecule has 0 aliphatic heterocycles. The predicted molar refractivity (Wildman–Crippen MR) is 80.4 cm³/mol. The Morgan fingerprint density at radius 2 is 1.86 bits per heavy atom. The molecule has 0 spiro atoms. The van der Waals surface area contributed by atoms with E-state index in [1.807, 2.05) is 38.1 Å². The highest BCUT2D eigenvalue weighted by molar-refractivity contribution is 5.28. The van der Waals surface area contributed by atoms with Gasteiger partial charge in [0, 0.05) is 12.6 Å². The molecular formula is C16H25F3N2. The lowest BCUT2D eigenvalue weighted by atomic mass is 9.98. The highest BCUT2D eigenvalue weighted by Gasteiger charge is 2.30. The molecule has 0 fully saturated rings. The van der Waals surface area contributed by atoms with Gasteiger partial charge in [-0.05, 0) is 37.6 Å². The third-order valence-corrected chi connectivity index (χ3v) is 3.60. The van der Waals surface area contributed by atoms with Crippen LogP contribution in [-0.2, 0) is 0 Å². The molecule has 0 aliphatic carbocycles.